The number of carbonyl (C=O) groups is 1. The molecule has 1 atom stereocenters. The molecule has 2 rings (SSSR count). The Morgan fingerprint density at radius 3 is 2.81 bits per heavy atom. The summed E-state index contributed by atoms with van der Waals surface area (Å²) in [5, 5.41) is 11.6. The summed E-state index contributed by atoms with van der Waals surface area (Å²) in [6.07, 6.45) is -2.97. The summed E-state index contributed by atoms with van der Waals surface area (Å²) >= 11 is 0. The molecule has 2 amide bonds. The Bertz CT molecular complexity index is 531. The second-order valence-electron chi connectivity index (χ2n) is 5.13. The molecule has 1 aromatic rings. The second-order valence-corrected chi connectivity index (χ2v) is 5.13. The zero-order valence-electron chi connectivity index (χ0n) is 11.6. The van der Waals surface area contributed by atoms with Crippen molar-refractivity contribution in [2.75, 3.05) is 18.5 Å². The number of likely N-dealkylation sites (tertiary alicyclic amines) is 1. The molecule has 0 spiro atoms. The molecule has 1 heterocycles. The number of carbonyl (C=O) groups excluding carboxylic acids is 1. The number of aryl methyl sites for hydroxylation is 1. The number of hydrogen-bond donors (Lipinski definition) is 2. The van der Waals surface area contributed by atoms with E-state index >= 15 is 0 Å². The first kappa shape index (κ1) is 15.6. The Kier molecular flexibility index (Phi) is 4.41. The van der Waals surface area contributed by atoms with Crippen LogP contribution in [0.5, 0.6) is 0 Å². The lowest BCUT2D eigenvalue weighted by molar-refractivity contribution is -0.138. The standard InChI is InChI=1S/C14H17F3N2O2/c1-9-4-5-10(7-12(9)14(15,16)17)18-13(21)19-6-2-3-11(19)8-20/h4-5,7,11,20H,2-3,6,8H2,1H3,(H,18,21)/t11-/m0/s1. The van der Waals surface area contributed by atoms with Crippen molar-refractivity contribution in [3.05, 3.63) is 29.3 Å². The highest BCUT2D eigenvalue weighted by molar-refractivity contribution is 5.89. The van der Waals surface area contributed by atoms with E-state index in [2.05, 4.69) is 5.32 Å². The van der Waals surface area contributed by atoms with E-state index in [1.807, 2.05) is 0 Å². The number of rotatable bonds is 2. The Morgan fingerprint density at radius 1 is 1.48 bits per heavy atom. The number of amides is 2. The first-order valence-electron chi connectivity index (χ1n) is 6.69. The minimum absolute atomic E-state index is 0.0986. The van der Waals surface area contributed by atoms with Gasteiger partial charge in [-0.1, -0.05) is 6.07 Å². The van der Waals surface area contributed by atoms with Gasteiger partial charge in [-0.3, -0.25) is 0 Å². The quantitative estimate of drug-likeness (QED) is 0.882. The third-order valence-corrected chi connectivity index (χ3v) is 3.64. The van der Waals surface area contributed by atoms with Gasteiger partial charge in [-0.2, -0.15) is 13.2 Å². The summed E-state index contributed by atoms with van der Waals surface area (Å²) in [6, 6.07) is 2.94. The molecule has 7 heteroatoms. The predicted octanol–water partition coefficient (Wildman–Crippen LogP) is 3.00. The van der Waals surface area contributed by atoms with Gasteiger partial charge in [0, 0.05) is 12.2 Å². The number of benzene rings is 1. The fourth-order valence-corrected chi connectivity index (χ4v) is 2.49. The molecule has 1 aromatic carbocycles. The molecule has 1 aliphatic rings. The largest absolute Gasteiger partial charge is 0.416 e. The minimum atomic E-state index is -4.45. The number of alkyl halides is 3. The van der Waals surface area contributed by atoms with E-state index in [0.717, 1.165) is 12.5 Å². The molecule has 116 valence electrons. The second kappa shape index (κ2) is 5.93. The number of hydrogen-bond acceptors (Lipinski definition) is 2. The van der Waals surface area contributed by atoms with Gasteiger partial charge in [0.15, 0.2) is 0 Å². The average molecular weight is 302 g/mol. The van der Waals surface area contributed by atoms with Crippen LogP contribution in [0.1, 0.15) is 24.0 Å². The summed E-state index contributed by atoms with van der Waals surface area (Å²) in [5.74, 6) is 0. The van der Waals surface area contributed by atoms with Gasteiger partial charge in [0.25, 0.3) is 0 Å². The molecule has 4 nitrogen and oxygen atoms in total. The van der Waals surface area contributed by atoms with E-state index in [9.17, 15) is 18.0 Å². The summed E-state index contributed by atoms with van der Waals surface area (Å²) in [5.41, 5.74) is -0.558. The third-order valence-electron chi connectivity index (χ3n) is 3.64. The van der Waals surface area contributed by atoms with Crippen molar-refractivity contribution in [2.45, 2.75) is 32.0 Å². The molecule has 0 aromatic heterocycles. The molecule has 1 aliphatic heterocycles. The maximum atomic E-state index is 12.8. The number of aliphatic hydroxyl groups is 1. The van der Waals surface area contributed by atoms with E-state index in [1.54, 1.807) is 0 Å². The first-order valence-corrected chi connectivity index (χ1v) is 6.69. The number of anilines is 1. The van der Waals surface area contributed by atoms with Crippen LogP contribution in [0, 0.1) is 6.92 Å². The van der Waals surface area contributed by atoms with Gasteiger partial charge < -0.3 is 15.3 Å². The molecule has 0 aliphatic carbocycles. The summed E-state index contributed by atoms with van der Waals surface area (Å²) in [7, 11) is 0. The van der Waals surface area contributed by atoms with E-state index in [0.29, 0.717) is 13.0 Å². The summed E-state index contributed by atoms with van der Waals surface area (Å²) in [4.78, 5) is 13.5. The van der Waals surface area contributed by atoms with Gasteiger partial charge in [-0.15, -0.1) is 0 Å². The van der Waals surface area contributed by atoms with E-state index in [1.165, 1.54) is 24.0 Å². The van der Waals surface area contributed by atoms with E-state index < -0.39 is 17.8 Å². The van der Waals surface area contributed by atoms with Crippen LogP contribution in [0.2, 0.25) is 0 Å². The highest BCUT2D eigenvalue weighted by Crippen LogP contribution is 2.33. The number of urea groups is 1. The fraction of sp³-hybridized carbons (Fsp3) is 0.500. The van der Waals surface area contributed by atoms with Crippen molar-refractivity contribution in [1.29, 1.82) is 0 Å². The molecule has 0 bridgehead atoms. The predicted molar refractivity (Wildman–Crippen MR) is 72.0 cm³/mol. The van der Waals surface area contributed by atoms with Crippen LogP contribution in [0.15, 0.2) is 18.2 Å². The van der Waals surface area contributed by atoms with Crippen LogP contribution in [0.4, 0.5) is 23.7 Å². The normalized spacial score (nSPS) is 18.9. The highest BCUT2D eigenvalue weighted by Gasteiger charge is 2.33. The van der Waals surface area contributed by atoms with Crippen LogP contribution >= 0.6 is 0 Å². The number of aliphatic hydroxyl groups excluding tert-OH is 1. The van der Waals surface area contributed by atoms with Gasteiger partial charge in [-0.05, 0) is 37.5 Å². The highest BCUT2D eigenvalue weighted by atomic mass is 19.4. The maximum absolute atomic E-state index is 12.8. The smallest absolute Gasteiger partial charge is 0.394 e. The molecule has 0 saturated carbocycles. The minimum Gasteiger partial charge on any atom is -0.394 e. The molecule has 21 heavy (non-hydrogen) atoms. The third kappa shape index (κ3) is 3.47. The Morgan fingerprint density at radius 2 is 2.19 bits per heavy atom. The maximum Gasteiger partial charge on any atom is 0.416 e. The van der Waals surface area contributed by atoms with Crippen molar-refractivity contribution in [3.8, 4) is 0 Å². The van der Waals surface area contributed by atoms with Gasteiger partial charge >= 0.3 is 12.2 Å². The van der Waals surface area contributed by atoms with Gasteiger partial charge in [-0.25, -0.2) is 4.79 Å². The zero-order valence-corrected chi connectivity index (χ0v) is 11.6. The lowest BCUT2D eigenvalue weighted by Crippen LogP contribution is -2.40. The van der Waals surface area contributed by atoms with Crippen LogP contribution in [0.25, 0.3) is 0 Å². The van der Waals surface area contributed by atoms with Crippen LogP contribution in [-0.2, 0) is 6.18 Å². The van der Waals surface area contributed by atoms with Crippen molar-refractivity contribution in [1.82, 2.24) is 4.90 Å². The SMILES string of the molecule is Cc1ccc(NC(=O)N2CCC[C@H]2CO)cc1C(F)(F)F. The Labute approximate surface area is 120 Å². The molecule has 1 fully saturated rings. The summed E-state index contributed by atoms with van der Waals surface area (Å²) in [6.45, 7) is 1.72. The van der Waals surface area contributed by atoms with Crippen molar-refractivity contribution < 1.29 is 23.1 Å². The molecule has 2 N–H and O–H groups in total. The molecule has 0 radical (unpaired) electrons. The van der Waals surface area contributed by atoms with Crippen molar-refractivity contribution in [3.63, 3.8) is 0 Å². The first-order chi connectivity index (χ1) is 9.82. The zero-order chi connectivity index (χ0) is 15.6. The number of nitrogens with one attached hydrogen (secondary N) is 1. The van der Waals surface area contributed by atoms with Crippen molar-refractivity contribution >= 4 is 11.7 Å². The average Bonchev–Trinajstić information content (AvgIpc) is 2.88. The Balaban J connectivity index is 2.15. The van der Waals surface area contributed by atoms with E-state index in [4.69, 9.17) is 5.11 Å². The van der Waals surface area contributed by atoms with Crippen LogP contribution < -0.4 is 5.32 Å². The monoisotopic (exact) mass is 302 g/mol. The fourth-order valence-electron chi connectivity index (χ4n) is 2.49. The number of nitrogens with zero attached hydrogens (tertiary/aromatic N) is 1. The Hall–Kier alpha value is -1.76. The molecular weight excluding hydrogens is 285 g/mol. The van der Waals surface area contributed by atoms with Crippen LogP contribution in [-0.4, -0.2) is 35.2 Å². The topological polar surface area (TPSA) is 52.6 Å². The number of halogens is 3. The van der Waals surface area contributed by atoms with E-state index in [-0.39, 0.29) is 23.9 Å². The van der Waals surface area contributed by atoms with Gasteiger partial charge in [0.05, 0.1) is 18.2 Å². The lowest BCUT2D eigenvalue weighted by atomic mass is 10.1. The molecule has 1 saturated heterocycles. The summed E-state index contributed by atoms with van der Waals surface area (Å²) < 4.78 is 38.5. The van der Waals surface area contributed by atoms with Gasteiger partial charge in [0.1, 0.15) is 0 Å². The van der Waals surface area contributed by atoms with Crippen LogP contribution in [0.3, 0.4) is 0 Å². The van der Waals surface area contributed by atoms with Crippen molar-refractivity contribution in [2.24, 2.45) is 0 Å². The lowest BCUT2D eigenvalue weighted by Gasteiger charge is -2.23. The van der Waals surface area contributed by atoms with Gasteiger partial charge in [0.2, 0.25) is 0 Å². The molecule has 0 unspecified atom stereocenters. The molecular formula is C14H17F3N2O2.